The highest BCUT2D eigenvalue weighted by atomic mass is 32.2. The summed E-state index contributed by atoms with van der Waals surface area (Å²) in [4.78, 5) is 0. The van der Waals surface area contributed by atoms with Gasteiger partial charge in [-0.05, 0) is 74.3 Å². The summed E-state index contributed by atoms with van der Waals surface area (Å²) >= 11 is 0.602. The van der Waals surface area contributed by atoms with Gasteiger partial charge < -0.3 is 14.6 Å². The van der Waals surface area contributed by atoms with Crippen LogP contribution in [0.15, 0.2) is 36.4 Å². The molecule has 31 heavy (non-hydrogen) atoms. The second-order valence-corrected chi connectivity index (χ2v) is 11.9. The molecule has 6 heteroatoms. The third kappa shape index (κ3) is 3.44. The van der Waals surface area contributed by atoms with Gasteiger partial charge in [-0.25, -0.2) is 0 Å². The quantitative estimate of drug-likeness (QED) is 0.440. The van der Waals surface area contributed by atoms with Crippen LogP contribution in [0.2, 0.25) is 0 Å². The van der Waals surface area contributed by atoms with Gasteiger partial charge in [0, 0.05) is 38.8 Å². The lowest BCUT2D eigenvalue weighted by Crippen LogP contribution is -2.66. The van der Waals surface area contributed by atoms with Gasteiger partial charge in [0.1, 0.15) is 11.3 Å². The number of rotatable bonds is 3. The predicted octanol–water partition coefficient (Wildman–Crippen LogP) is 4.91. The molecule has 0 amide bonds. The van der Waals surface area contributed by atoms with Crippen LogP contribution in [0.3, 0.4) is 0 Å². The van der Waals surface area contributed by atoms with E-state index in [0.717, 1.165) is 24.2 Å². The SMILES string of the molecule is CC#Cc1ccc2sc3ccc([C@]4(C)C[S+]([O-])[C@@](C)(CC5CCO5)C(=N)N4)cc3c2c1. The van der Waals surface area contributed by atoms with Crippen LogP contribution in [0, 0.1) is 17.3 Å². The highest BCUT2D eigenvalue weighted by molar-refractivity contribution is 7.93. The maximum Gasteiger partial charge on any atom is 0.181 e. The van der Waals surface area contributed by atoms with E-state index in [1.807, 2.05) is 13.8 Å². The minimum Gasteiger partial charge on any atom is -0.616 e. The molecule has 1 aromatic heterocycles. The molecule has 0 aliphatic carbocycles. The van der Waals surface area contributed by atoms with Gasteiger partial charge in [-0.15, -0.1) is 17.3 Å². The van der Waals surface area contributed by atoms with Gasteiger partial charge in [0.2, 0.25) is 0 Å². The lowest BCUT2D eigenvalue weighted by Gasteiger charge is -2.47. The van der Waals surface area contributed by atoms with Crippen LogP contribution in [0.25, 0.3) is 20.2 Å². The number of benzene rings is 2. The minimum absolute atomic E-state index is 0.120. The molecular weight excluding hydrogens is 424 g/mol. The molecule has 2 aromatic carbocycles. The van der Waals surface area contributed by atoms with E-state index in [-0.39, 0.29) is 6.10 Å². The van der Waals surface area contributed by atoms with E-state index in [4.69, 9.17) is 10.1 Å². The van der Waals surface area contributed by atoms with E-state index in [9.17, 15) is 4.55 Å². The second-order valence-electron chi connectivity index (χ2n) is 8.94. The van der Waals surface area contributed by atoms with Crippen LogP contribution in [-0.2, 0) is 21.5 Å². The van der Waals surface area contributed by atoms with Gasteiger partial charge in [-0.3, -0.25) is 5.41 Å². The Hall–Kier alpha value is -2.04. The zero-order chi connectivity index (χ0) is 21.8. The Bertz CT molecular complexity index is 1250. The number of thiophene rings is 1. The molecule has 0 bridgehead atoms. The van der Waals surface area contributed by atoms with E-state index < -0.39 is 21.5 Å². The summed E-state index contributed by atoms with van der Waals surface area (Å²) < 4.78 is 20.7. The minimum atomic E-state index is -1.17. The molecule has 0 saturated carbocycles. The van der Waals surface area contributed by atoms with Crippen LogP contribution < -0.4 is 5.32 Å². The summed E-state index contributed by atoms with van der Waals surface area (Å²) in [5, 5.41) is 14.6. The Morgan fingerprint density at radius 2 is 1.94 bits per heavy atom. The Morgan fingerprint density at radius 3 is 2.58 bits per heavy atom. The van der Waals surface area contributed by atoms with Crippen LogP contribution in [0.5, 0.6) is 0 Å². The lowest BCUT2D eigenvalue weighted by molar-refractivity contribution is -0.0568. The third-order valence-electron chi connectivity index (χ3n) is 6.64. The monoisotopic (exact) mass is 450 g/mol. The Kier molecular flexibility index (Phi) is 5.06. The standard InChI is InChI=1S/C25H26N2O2S2/c1-4-5-16-6-8-21-19(12-16)20-13-17(7-9-22(20)30-21)24(2)15-31(28)25(3,23(26)27-24)14-18-10-11-29-18/h6-9,12-13,18H,10-11,14-15H2,1-3H3,(H2,26,27)/t18?,24-,25-,31?/m0/s1. The van der Waals surface area contributed by atoms with Crippen molar-refractivity contribution in [2.45, 2.75) is 50.0 Å². The summed E-state index contributed by atoms with van der Waals surface area (Å²) in [7, 11) is 0. The first kappa shape index (κ1) is 20.8. The van der Waals surface area contributed by atoms with Gasteiger partial charge >= 0.3 is 0 Å². The van der Waals surface area contributed by atoms with Crippen molar-refractivity contribution in [2.24, 2.45) is 0 Å². The Balaban J connectivity index is 1.52. The molecule has 2 unspecified atom stereocenters. The fourth-order valence-electron chi connectivity index (χ4n) is 4.55. The average Bonchev–Trinajstić information content (AvgIpc) is 3.07. The average molecular weight is 451 g/mol. The second kappa shape index (κ2) is 7.53. The number of ether oxygens (including phenoxy) is 1. The van der Waals surface area contributed by atoms with Crippen molar-refractivity contribution in [3.8, 4) is 11.8 Å². The molecule has 3 heterocycles. The van der Waals surface area contributed by atoms with Gasteiger partial charge in [0.25, 0.3) is 0 Å². The zero-order valence-electron chi connectivity index (χ0n) is 18.0. The maximum absolute atomic E-state index is 13.4. The smallest absolute Gasteiger partial charge is 0.181 e. The fourth-order valence-corrected chi connectivity index (χ4v) is 7.35. The summed E-state index contributed by atoms with van der Waals surface area (Å²) in [6.45, 7) is 6.61. The van der Waals surface area contributed by atoms with Crippen molar-refractivity contribution in [1.82, 2.24) is 5.32 Å². The predicted molar refractivity (Wildman–Crippen MR) is 130 cm³/mol. The van der Waals surface area contributed by atoms with Gasteiger partial charge in [0.05, 0.1) is 6.10 Å². The fraction of sp³-hybridized carbons (Fsp3) is 0.400. The van der Waals surface area contributed by atoms with Crippen molar-refractivity contribution in [1.29, 1.82) is 5.41 Å². The van der Waals surface area contributed by atoms with Crippen LogP contribution in [0.4, 0.5) is 0 Å². The molecule has 3 aromatic rings. The summed E-state index contributed by atoms with van der Waals surface area (Å²) in [6, 6.07) is 12.8. The summed E-state index contributed by atoms with van der Waals surface area (Å²) in [5.74, 6) is 6.95. The largest absolute Gasteiger partial charge is 0.616 e. The van der Waals surface area contributed by atoms with Crippen LogP contribution >= 0.6 is 11.3 Å². The molecule has 160 valence electrons. The van der Waals surface area contributed by atoms with Crippen molar-refractivity contribution < 1.29 is 9.29 Å². The molecule has 4 atom stereocenters. The van der Waals surface area contributed by atoms with E-state index in [1.54, 1.807) is 11.3 Å². The molecule has 2 fully saturated rings. The molecule has 4 nitrogen and oxygen atoms in total. The first-order valence-corrected chi connectivity index (χ1v) is 12.7. The van der Waals surface area contributed by atoms with E-state index >= 15 is 0 Å². The normalized spacial score (nSPS) is 30.5. The van der Waals surface area contributed by atoms with Crippen LogP contribution in [0.1, 0.15) is 44.7 Å². The zero-order valence-corrected chi connectivity index (χ0v) is 19.6. The molecule has 5 rings (SSSR count). The number of hydrogen-bond acceptors (Lipinski definition) is 4. The van der Waals surface area contributed by atoms with E-state index in [1.165, 1.54) is 20.2 Å². The first-order valence-electron chi connectivity index (χ1n) is 10.6. The molecule has 2 aliphatic rings. The maximum atomic E-state index is 13.4. The van der Waals surface area contributed by atoms with Crippen molar-refractivity contribution in [3.05, 3.63) is 47.5 Å². The number of fused-ring (bicyclic) bond motifs is 3. The number of hydrogen-bond donors (Lipinski definition) is 2. The van der Waals surface area contributed by atoms with E-state index in [0.29, 0.717) is 18.0 Å². The highest BCUT2D eigenvalue weighted by Crippen LogP contribution is 2.41. The lowest BCUT2D eigenvalue weighted by atomic mass is 9.89. The van der Waals surface area contributed by atoms with Gasteiger partial charge in [-0.2, -0.15) is 0 Å². The van der Waals surface area contributed by atoms with Crippen molar-refractivity contribution in [3.63, 3.8) is 0 Å². The highest BCUT2D eigenvalue weighted by Gasteiger charge is 2.54. The summed E-state index contributed by atoms with van der Waals surface area (Å²) in [6.07, 6.45) is 1.75. The molecule has 2 saturated heterocycles. The third-order valence-corrected chi connectivity index (χ3v) is 10.0. The Labute approximate surface area is 190 Å². The van der Waals surface area contributed by atoms with Crippen LogP contribution in [-0.4, -0.2) is 33.6 Å². The van der Waals surface area contributed by atoms with Gasteiger partial charge in [-0.1, -0.05) is 12.0 Å². The molecular formula is C25H26N2O2S2. The first-order chi connectivity index (χ1) is 14.8. The summed E-state index contributed by atoms with van der Waals surface area (Å²) in [5.41, 5.74) is 1.52. The topological polar surface area (TPSA) is 68.2 Å². The van der Waals surface area contributed by atoms with Gasteiger partial charge in [0.15, 0.2) is 10.6 Å². The van der Waals surface area contributed by atoms with Crippen molar-refractivity contribution >= 4 is 48.5 Å². The van der Waals surface area contributed by atoms with Crippen molar-refractivity contribution in [2.75, 3.05) is 12.4 Å². The Morgan fingerprint density at radius 1 is 1.23 bits per heavy atom. The molecule has 0 spiro atoms. The molecule has 2 aliphatic heterocycles. The number of nitrogens with one attached hydrogen (secondary N) is 2. The molecule has 2 N–H and O–H groups in total. The van der Waals surface area contributed by atoms with E-state index in [2.05, 4.69) is 60.5 Å². The number of amidine groups is 1. The molecule has 0 radical (unpaired) electrons.